The van der Waals surface area contributed by atoms with Crippen molar-refractivity contribution in [2.75, 3.05) is 52.3 Å². The van der Waals surface area contributed by atoms with E-state index >= 15 is 0 Å². The molecule has 0 aromatic heterocycles. The van der Waals surface area contributed by atoms with Gasteiger partial charge in [0.25, 0.3) is 0 Å². The number of ether oxygens (including phenoxy) is 2. The second-order valence-electron chi connectivity index (χ2n) is 8.23. The highest BCUT2D eigenvalue weighted by Gasteiger charge is 2.33. The van der Waals surface area contributed by atoms with Crippen molar-refractivity contribution in [2.24, 2.45) is 10.4 Å². The van der Waals surface area contributed by atoms with Crippen LogP contribution in [0.3, 0.4) is 0 Å². The van der Waals surface area contributed by atoms with Gasteiger partial charge in [0.2, 0.25) is 10.0 Å². The van der Waals surface area contributed by atoms with Crippen LogP contribution in [-0.2, 0) is 19.5 Å². The summed E-state index contributed by atoms with van der Waals surface area (Å²) in [4.78, 5) is 4.76. The van der Waals surface area contributed by atoms with Gasteiger partial charge < -0.3 is 20.1 Å². The Morgan fingerprint density at radius 1 is 1.21 bits per heavy atom. The molecule has 2 aliphatic rings. The highest BCUT2D eigenvalue weighted by Crippen LogP contribution is 2.41. The van der Waals surface area contributed by atoms with Crippen LogP contribution >= 0.6 is 0 Å². The first-order chi connectivity index (χ1) is 14.0. The molecular formula is C20H40N4O4S. The third-order valence-electron chi connectivity index (χ3n) is 5.89. The van der Waals surface area contributed by atoms with Gasteiger partial charge in [-0.1, -0.05) is 12.8 Å². The van der Waals surface area contributed by atoms with Crippen molar-refractivity contribution in [1.29, 1.82) is 0 Å². The Kier molecular flexibility index (Phi) is 10.7. The van der Waals surface area contributed by atoms with Crippen LogP contribution in [0.15, 0.2) is 4.99 Å². The van der Waals surface area contributed by atoms with Crippen molar-refractivity contribution < 1.29 is 17.9 Å². The average molecular weight is 433 g/mol. The molecule has 0 aromatic rings. The van der Waals surface area contributed by atoms with Gasteiger partial charge in [0, 0.05) is 46.5 Å². The Balaban J connectivity index is 1.78. The molecule has 0 aromatic carbocycles. The predicted molar refractivity (Wildman–Crippen MR) is 117 cm³/mol. The molecule has 1 aliphatic carbocycles. The molecule has 9 heteroatoms. The molecule has 2 fully saturated rings. The fourth-order valence-corrected chi connectivity index (χ4v) is 5.04. The van der Waals surface area contributed by atoms with Crippen molar-refractivity contribution >= 4 is 16.0 Å². The molecule has 2 rings (SSSR count). The van der Waals surface area contributed by atoms with Crippen LogP contribution in [0, 0.1) is 5.41 Å². The fraction of sp³-hybridized carbons (Fsp3) is 0.950. The number of sulfonamides is 1. The van der Waals surface area contributed by atoms with Gasteiger partial charge in [0.05, 0.1) is 11.9 Å². The van der Waals surface area contributed by atoms with E-state index in [1.54, 1.807) is 7.11 Å². The maximum Gasteiger partial charge on any atom is 0.213 e. The van der Waals surface area contributed by atoms with E-state index in [9.17, 15) is 8.42 Å². The molecule has 0 spiro atoms. The van der Waals surface area contributed by atoms with Crippen LogP contribution in [0.5, 0.6) is 0 Å². The monoisotopic (exact) mass is 432 g/mol. The summed E-state index contributed by atoms with van der Waals surface area (Å²) >= 11 is 0. The van der Waals surface area contributed by atoms with E-state index in [1.807, 2.05) is 6.92 Å². The fourth-order valence-electron chi connectivity index (χ4n) is 4.08. The van der Waals surface area contributed by atoms with Crippen LogP contribution in [0.2, 0.25) is 0 Å². The minimum absolute atomic E-state index is 0.0000623. The molecule has 0 radical (unpaired) electrons. The van der Waals surface area contributed by atoms with E-state index in [4.69, 9.17) is 14.5 Å². The van der Waals surface area contributed by atoms with E-state index in [0.29, 0.717) is 19.0 Å². The summed E-state index contributed by atoms with van der Waals surface area (Å²) in [5.41, 5.74) is 0.214. The number of nitrogens with zero attached hydrogens (tertiary/aromatic N) is 1. The SMILES string of the molecule is CCNC(=NCC1(CCOC)CCCC1)NCCS(=O)(=O)NCC1CCCCO1. The minimum Gasteiger partial charge on any atom is -0.385 e. The van der Waals surface area contributed by atoms with Gasteiger partial charge in [-0.2, -0.15) is 0 Å². The maximum atomic E-state index is 12.3. The summed E-state index contributed by atoms with van der Waals surface area (Å²) in [7, 11) is -1.60. The van der Waals surface area contributed by atoms with Gasteiger partial charge in [0.1, 0.15) is 0 Å². The molecule has 3 N–H and O–H groups in total. The summed E-state index contributed by atoms with van der Waals surface area (Å²) in [6.07, 6.45) is 8.96. The van der Waals surface area contributed by atoms with Gasteiger partial charge in [-0.25, -0.2) is 13.1 Å². The Morgan fingerprint density at radius 3 is 2.66 bits per heavy atom. The molecule has 1 saturated carbocycles. The van der Waals surface area contributed by atoms with Gasteiger partial charge in [-0.05, 0) is 50.9 Å². The van der Waals surface area contributed by atoms with Crippen molar-refractivity contribution in [3.05, 3.63) is 0 Å². The lowest BCUT2D eigenvalue weighted by Gasteiger charge is -2.27. The number of hydrogen-bond acceptors (Lipinski definition) is 5. The summed E-state index contributed by atoms with van der Waals surface area (Å²) < 4.78 is 38.1. The third kappa shape index (κ3) is 9.19. The quantitative estimate of drug-likeness (QED) is 0.320. The molecule has 1 saturated heterocycles. The normalized spacial score (nSPS) is 22.6. The lowest BCUT2D eigenvalue weighted by atomic mass is 9.83. The number of aliphatic imine (C=N–C) groups is 1. The van der Waals surface area contributed by atoms with Crippen molar-refractivity contribution in [3.8, 4) is 0 Å². The molecule has 8 nitrogen and oxygen atoms in total. The molecule has 29 heavy (non-hydrogen) atoms. The summed E-state index contributed by atoms with van der Waals surface area (Å²) in [5, 5.41) is 6.39. The van der Waals surface area contributed by atoms with Gasteiger partial charge in [0.15, 0.2) is 5.96 Å². The number of nitrogens with one attached hydrogen (secondary N) is 3. The van der Waals surface area contributed by atoms with Crippen molar-refractivity contribution in [3.63, 3.8) is 0 Å². The van der Waals surface area contributed by atoms with Crippen LogP contribution in [-0.4, -0.2) is 72.7 Å². The zero-order chi connectivity index (χ0) is 21.0. The molecule has 0 bridgehead atoms. The summed E-state index contributed by atoms with van der Waals surface area (Å²) in [5.74, 6) is 0.695. The minimum atomic E-state index is -3.34. The molecule has 0 amide bonds. The second-order valence-corrected chi connectivity index (χ2v) is 10.2. The Hall–Kier alpha value is -0.900. The van der Waals surface area contributed by atoms with E-state index < -0.39 is 10.0 Å². The summed E-state index contributed by atoms with van der Waals surface area (Å²) in [6.45, 7) is 5.65. The maximum absolute atomic E-state index is 12.3. The standard InChI is InChI=1S/C20H40N4O4S/c1-3-21-19(23-17-20(11-14-27-2)9-5-6-10-20)22-12-15-29(25,26)24-16-18-8-4-7-13-28-18/h18,24H,3-17H2,1-2H3,(H2,21,22,23). The average Bonchev–Trinajstić information content (AvgIpc) is 3.19. The molecular weight excluding hydrogens is 392 g/mol. The van der Waals surface area contributed by atoms with E-state index in [1.165, 1.54) is 25.7 Å². The number of methoxy groups -OCH3 is 1. The zero-order valence-electron chi connectivity index (χ0n) is 18.2. The first-order valence-electron chi connectivity index (χ1n) is 11.1. The second kappa shape index (κ2) is 12.7. The van der Waals surface area contributed by atoms with Crippen LogP contribution < -0.4 is 15.4 Å². The van der Waals surface area contributed by atoms with Gasteiger partial charge >= 0.3 is 0 Å². The van der Waals surface area contributed by atoms with E-state index in [2.05, 4.69) is 15.4 Å². The van der Waals surface area contributed by atoms with Gasteiger partial charge in [-0.15, -0.1) is 0 Å². The highest BCUT2D eigenvalue weighted by atomic mass is 32.2. The lowest BCUT2D eigenvalue weighted by Crippen LogP contribution is -2.43. The van der Waals surface area contributed by atoms with Crippen LogP contribution in [0.4, 0.5) is 0 Å². The topological polar surface area (TPSA) is 101 Å². The Morgan fingerprint density at radius 2 is 2.00 bits per heavy atom. The number of guanidine groups is 1. The smallest absolute Gasteiger partial charge is 0.213 e. The van der Waals surface area contributed by atoms with E-state index in [-0.39, 0.29) is 17.3 Å². The molecule has 170 valence electrons. The molecule has 1 heterocycles. The van der Waals surface area contributed by atoms with Crippen LogP contribution in [0.1, 0.15) is 58.3 Å². The van der Waals surface area contributed by atoms with E-state index in [0.717, 1.165) is 52.0 Å². The van der Waals surface area contributed by atoms with Crippen molar-refractivity contribution in [2.45, 2.75) is 64.4 Å². The number of rotatable bonds is 12. The number of hydrogen-bond donors (Lipinski definition) is 3. The van der Waals surface area contributed by atoms with Crippen molar-refractivity contribution in [1.82, 2.24) is 15.4 Å². The first-order valence-corrected chi connectivity index (χ1v) is 12.7. The predicted octanol–water partition coefficient (Wildman–Crippen LogP) is 1.63. The zero-order valence-corrected chi connectivity index (χ0v) is 19.0. The summed E-state index contributed by atoms with van der Waals surface area (Å²) in [6, 6.07) is 0. The third-order valence-corrected chi connectivity index (χ3v) is 7.23. The first kappa shape index (κ1) is 24.4. The molecule has 1 unspecified atom stereocenters. The molecule has 1 aliphatic heterocycles. The lowest BCUT2D eigenvalue weighted by molar-refractivity contribution is 0.0200. The largest absolute Gasteiger partial charge is 0.385 e. The Labute approximate surface area is 176 Å². The highest BCUT2D eigenvalue weighted by molar-refractivity contribution is 7.89. The molecule has 1 atom stereocenters. The van der Waals surface area contributed by atoms with Crippen LogP contribution in [0.25, 0.3) is 0 Å². The van der Waals surface area contributed by atoms with Gasteiger partial charge in [-0.3, -0.25) is 4.99 Å². The Bertz CT molecular complexity index is 585.